The number of thioether (sulfide) groups is 1. The quantitative estimate of drug-likeness (QED) is 0.299. The number of carbonyl (C=O) groups excluding carboxylic acids is 1. The third kappa shape index (κ3) is 7.83. The fourth-order valence-electron chi connectivity index (χ4n) is 3.07. The average molecular weight is 441 g/mol. The minimum absolute atomic E-state index is 0.0434. The number of rotatable bonds is 10. The molecule has 7 heteroatoms. The second kappa shape index (κ2) is 11.6. The Labute approximate surface area is 189 Å². The van der Waals surface area contributed by atoms with Crippen molar-refractivity contribution in [2.24, 2.45) is 4.99 Å². The van der Waals surface area contributed by atoms with Gasteiger partial charge >= 0.3 is 0 Å². The van der Waals surface area contributed by atoms with Crippen molar-refractivity contribution < 1.29 is 9.53 Å². The number of ether oxygens (including phenoxy) is 1. The number of aliphatic imine (C=N–C) groups is 1. The molecule has 0 heterocycles. The molecule has 0 bridgehead atoms. The number of hydrogen-bond acceptors (Lipinski definition) is 4. The van der Waals surface area contributed by atoms with Gasteiger partial charge in [0.25, 0.3) is 5.91 Å². The number of carbonyl (C=O) groups is 1. The molecule has 0 aromatic heterocycles. The Morgan fingerprint density at radius 3 is 2.77 bits per heavy atom. The molecule has 31 heavy (non-hydrogen) atoms. The minimum atomic E-state index is -0.0646. The average Bonchev–Trinajstić information content (AvgIpc) is 3.59. The molecule has 6 nitrogen and oxygen atoms in total. The SMILES string of the molecule is CCNC(=NCc1cccc(OCC(=O)NC2CC2)c1)NCc1ccc(C)cc1SC. The molecule has 1 amide bonds. The number of benzene rings is 2. The van der Waals surface area contributed by atoms with E-state index in [1.165, 1.54) is 16.0 Å². The number of nitrogens with zero attached hydrogens (tertiary/aromatic N) is 1. The fourth-order valence-corrected chi connectivity index (χ4v) is 3.77. The molecule has 0 spiro atoms. The number of amides is 1. The van der Waals surface area contributed by atoms with Crippen molar-refractivity contribution in [1.29, 1.82) is 0 Å². The van der Waals surface area contributed by atoms with Crippen molar-refractivity contribution in [3.63, 3.8) is 0 Å². The van der Waals surface area contributed by atoms with Crippen molar-refractivity contribution in [2.75, 3.05) is 19.4 Å². The normalized spacial score (nSPS) is 13.6. The Morgan fingerprint density at radius 2 is 2.03 bits per heavy atom. The number of hydrogen-bond donors (Lipinski definition) is 3. The van der Waals surface area contributed by atoms with E-state index in [1.54, 1.807) is 11.8 Å². The van der Waals surface area contributed by atoms with Gasteiger partial charge in [0.1, 0.15) is 5.75 Å². The third-order valence-corrected chi connectivity index (χ3v) is 5.68. The Kier molecular flexibility index (Phi) is 8.64. The van der Waals surface area contributed by atoms with Crippen molar-refractivity contribution >= 4 is 23.6 Å². The molecule has 2 aromatic rings. The smallest absolute Gasteiger partial charge is 0.258 e. The highest BCUT2D eigenvalue weighted by atomic mass is 32.2. The maximum Gasteiger partial charge on any atom is 0.258 e. The molecule has 1 aliphatic rings. The highest BCUT2D eigenvalue weighted by molar-refractivity contribution is 7.98. The van der Waals surface area contributed by atoms with Crippen molar-refractivity contribution in [3.8, 4) is 5.75 Å². The van der Waals surface area contributed by atoms with Crippen LogP contribution < -0.4 is 20.7 Å². The van der Waals surface area contributed by atoms with Crippen LogP contribution in [-0.2, 0) is 17.9 Å². The molecule has 0 unspecified atom stereocenters. The number of nitrogens with one attached hydrogen (secondary N) is 3. The second-order valence-electron chi connectivity index (χ2n) is 7.64. The van der Waals surface area contributed by atoms with Crippen molar-refractivity contribution in [3.05, 3.63) is 59.2 Å². The first-order valence-electron chi connectivity index (χ1n) is 10.7. The van der Waals surface area contributed by atoms with Crippen LogP contribution in [0.2, 0.25) is 0 Å². The van der Waals surface area contributed by atoms with E-state index in [4.69, 9.17) is 9.73 Å². The van der Waals surface area contributed by atoms with Crippen LogP contribution in [0.15, 0.2) is 52.4 Å². The fraction of sp³-hybridized carbons (Fsp3) is 0.417. The molecule has 0 saturated heterocycles. The summed E-state index contributed by atoms with van der Waals surface area (Å²) in [5.74, 6) is 1.39. The van der Waals surface area contributed by atoms with E-state index in [9.17, 15) is 4.79 Å². The van der Waals surface area contributed by atoms with Crippen LogP contribution in [0.4, 0.5) is 0 Å². The monoisotopic (exact) mass is 440 g/mol. The molecular formula is C24H32N4O2S. The zero-order chi connectivity index (χ0) is 22.1. The first kappa shape index (κ1) is 23.0. The summed E-state index contributed by atoms with van der Waals surface area (Å²) >= 11 is 1.76. The van der Waals surface area contributed by atoms with Gasteiger partial charge in [0.05, 0.1) is 6.54 Å². The van der Waals surface area contributed by atoms with Gasteiger partial charge in [-0.2, -0.15) is 0 Å². The van der Waals surface area contributed by atoms with Gasteiger partial charge in [0.15, 0.2) is 12.6 Å². The van der Waals surface area contributed by atoms with Gasteiger partial charge in [-0.25, -0.2) is 4.99 Å². The van der Waals surface area contributed by atoms with Crippen LogP contribution in [0.25, 0.3) is 0 Å². The van der Waals surface area contributed by atoms with E-state index in [1.807, 2.05) is 24.3 Å². The van der Waals surface area contributed by atoms with Gasteiger partial charge < -0.3 is 20.7 Å². The Morgan fingerprint density at radius 1 is 1.19 bits per heavy atom. The lowest BCUT2D eigenvalue weighted by atomic mass is 10.1. The van der Waals surface area contributed by atoms with Gasteiger partial charge in [0, 0.05) is 24.0 Å². The summed E-state index contributed by atoms with van der Waals surface area (Å²) in [5.41, 5.74) is 3.54. The highest BCUT2D eigenvalue weighted by Gasteiger charge is 2.23. The third-order valence-electron chi connectivity index (χ3n) is 4.86. The van der Waals surface area contributed by atoms with E-state index in [2.05, 4.69) is 54.3 Å². The van der Waals surface area contributed by atoms with Crippen molar-refractivity contribution in [1.82, 2.24) is 16.0 Å². The van der Waals surface area contributed by atoms with E-state index in [0.29, 0.717) is 24.9 Å². The second-order valence-corrected chi connectivity index (χ2v) is 8.49. The van der Waals surface area contributed by atoms with E-state index < -0.39 is 0 Å². The predicted octanol–water partition coefficient (Wildman–Crippen LogP) is 3.63. The van der Waals surface area contributed by atoms with Crippen LogP contribution in [-0.4, -0.2) is 37.3 Å². The van der Waals surface area contributed by atoms with Gasteiger partial charge in [-0.3, -0.25) is 4.79 Å². The maximum atomic E-state index is 11.8. The molecular weight excluding hydrogens is 408 g/mol. The molecule has 3 N–H and O–H groups in total. The molecule has 0 radical (unpaired) electrons. The summed E-state index contributed by atoms with van der Waals surface area (Å²) < 4.78 is 5.64. The molecule has 0 aliphatic heterocycles. The summed E-state index contributed by atoms with van der Waals surface area (Å²) in [6.07, 6.45) is 4.25. The van der Waals surface area contributed by atoms with E-state index >= 15 is 0 Å². The molecule has 1 fully saturated rings. The van der Waals surface area contributed by atoms with Gasteiger partial charge in [0.2, 0.25) is 0 Å². The van der Waals surface area contributed by atoms with Crippen LogP contribution in [0, 0.1) is 6.92 Å². The van der Waals surface area contributed by atoms with Crippen LogP contribution >= 0.6 is 11.8 Å². The Hall–Kier alpha value is -2.67. The number of aryl methyl sites for hydroxylation is 1. The summed E-state index contributed by atoms with van der Waals surface area (Å²) in [7, 11) is 0. The largest absolute Gasteiger partial charge is 0.484 e. The zero-order valence-electron chi connectivity index (χ0n) is 18.5. The lowest BCUT2D eigenvalue weighted by molar-refractivity contribution is -0.123. The van der Waals surface area contributed by atoms with E-state index in [-0.39, 0.29) is 12.5 Å². The highest BCUT2D eigenvalue weighted by Crippen LogP contribution is 2.22. The Balaban J connectivity index is 1.56. The summed E-state index contributed by atoms with van der Waals surface area (Å²) in [6.45, 7) is 6.22. The number of guanidine groups is 1. The zero-order valence-corrected chi connectivity index (χ0v) is 19.3. The maximum absolute atomic E-state index is 11.8. The lowest BCUT2D eigenvalue weighted by Crippen LogP contribution is -2.36. The lowest BCUT2D eigenvalue weighted by Gasteiger charge is -2.14. The predicted molar refractivity (Wildman–Crippen MR) is 128 cm³/mol. The molecule has 1 aliphatic carbocycles. The van der Waals surface area contributed by atoms with Gasteiger partial charge in [-0.15, -0.1) is 11.8 Å². The van der Waals surface area contributed by atoms with Crippen LogP contribution in [0.3, 0.4) is 0 Å². The summed E-state index contributed by atoms with van der Waals surface area (Å²) in [6, 6.07) is 14.6. The summed E-state index contributed by atoms with van der Waals surface area (Å²) in [4.78, 5) is 17.8. The van der Waals surface area contributed by atoms with Crippen LogP contribution in [0.1, 0.15) is 36.5 Å². The molecule has 2 aromatic carbocycles. The first-order valence-corrected chi connectivity index (χ1v) is 12.0. The molecule has 0 atom stereocenters. The first-order chi connectivity index (χ1) is 15.1. The standard InChI is InChI=1S/C24H32N4O2S/c1-4-25-24(27-15-19-9-8-17(2)12-22(19)31-3)26-14-18-6-5-7-21(13-18)30-16-23(29)28-20-10-11-20/h5-9,12-13,20H,4,10-11,14-16H2,1-3H3,(H,28,29)(H2,25,26,27). The Bertz CT molecular complexity index is 912. The van der Waals surface area contributed by atoms with Gasteiger partial charge in [-0.1, -0.05) is 24.3 Å². The molecule has 166 valence electrons. The topological polar surface area (TPSA) is 74.8 Å². The van der Waals surface area contributed by atoms with Crippen LogP contribution in [0.5, 0.6) is 5.75 Å². The minimum Gasteiger partial charge on any atom is -0.484 e. The van der Waals surface area contributed by atoms with Crippen molar-refractivity contribution in [2.45, 2.75) is 50.7 Å². The molecule has 1 saturated carbocycles. The van der Waals surface area contributed by atoms with Gasteiger partial charge in [-0.05, 0) is 67.8 Å². The molecule has 3 rings (SSSR count). The summed E-state index contributed by atoms with van der Waals surface area (Å²) in [5, 5.41) is 9.65. The van der Waals surface area contributed by atoms with E-state index in [0.717, 1.165) is 30.9 Å².